The summed E-state index contributed by atoms with van der Waals surface area (Å²) in [5.41, 5.74) is 5.91. The number of methoxy groups -OCH3 is 1. The van der Waals surface area contributed by atoms with E-state index in [2.05, 4.69) is 11.4 Å². The number of benzene rings is 2. The van der Waals surface area contributed by atoms with Gasteiger partial charge in [-0.2, -0.15) is 4.98 Å². The predicted octanol–water partition coefficient (Wildman–Crippen LogP) is 5.58. The van der Waals surface area contributed by atoms with Crippen molar-refractivity contribution < 1.29 is 20.5 Å². The van der Waals surface area contributed by atoms with Crippen LogP contribution in [0, 0.1) is 0 Å². The van der Waals surface area contributed by atoms with E-state index in [1.54, 1.807) is 26.3 Å². The number of fused-ring (bicyclic) bond motifs is 1. The van der Waals surface area contributed by atoms with Crippen LogP contribution >= 0.6 is 0 Å². The number of hydrogen-bond donors (Lipinski definition) is 1. The van der Waals surface area contributed by atoms with Crippen molar-refractivity contribution in [3.63, 3.8) is 0 Å². The molecule has 0 bridgehead atoms. The van der Waals surface area contributed by atoms with Crippen molar-refractivity contribution in [3.05, 3.63) is 87.9 Å². The molecule has 1 saturated carbocycles. The van der Waals surface area contributed by atoms with Gasteiger partial charge in [0.15, 0.2) is 5.78 Å². The molecule has 7 nitrogen and oxygen atoms in total. The molecular formula is C31H35N3O4. The van der Waals surface area contributed by atoms with Gasteiger partial charge >= 0.3 is 0 Å². The summed E-state index contributed by atoms with van der Waals surface area (Å²) in [6, 6.07) is 13.2. The summed E-state index contributed by atoms with van der Waals surface area (Å²) in [6.45, 7) is 1.85. The van der Waals surface area contributed by atoms with E-state index in [-0.39, 0.29) is 19.2 Å². The number of allylic oxidation sites excluding steroid dienone is 1. The van der Waals surface area contributed by atoms with Crippen LogP contribution in [0.1, 0.15) is 89.4 Å². The highest BCUT2D eigenvalue weighted by atomic mass is 16.5. The van der Waals surface area contributed by atoms with Crippen LogP contribution in [0.2, 0.25) is 0 Å². The third-order valence-corrected chi connectivity index (χ3v) is 7.29. The molecule has 0 radical (unpaired) electrons. The molecule has 198 valence electrons. The molecule has 2 aliphatic rings. The van der Waals surface area contributed by atoms with Gasteiger partial charge in [-0.05, 0) is 55.0 Å². The van der Waals surface area contributed by atoms with E-state index in [1.807, 2.05) is 37.3 Å². The molecule has 0 atom stereocenters. The second-order valence-electron chi connectivity index (χ2n) is 9.75. The molecule has 7 heteroatoms. The highest BCUT2D eigenvalue weighted by Crippen LogP contribution is 2.39. The predicted molar refractivity (Wildman–Crippen MR) is 148 cm³/mol. The molecular weight excluding hydrogens is 478 g/mol. The van der Waals surface area contributed by atoms with Crippen molar-refractivity contribution in [3.8, 4) is 11.6 Å². The Balaban J connectivity index is 0.00000353. The zero-order chi connectivity index (χ0) is 26.6. The molecule has 1 heterocycles. The number of amides is 1. The van der Waals surface area contributed by atoms with E-state index in [0.29, 0.717) is 47.8 Å². The minimum atomic E-state index is -0.125. The highest BCUT2D eigenvalue weighted by Gasteiger charge is 2.28. The molecule has 1 N–H and O–H groups in total. The SMILES string of the molecule is CCC(=O)c1ccc(Cc2nc3c(c(OC4CCCC4)n2)C(c2cccc(C(=O)NC)c2)=CC3)c(OC)c1.[HH]. The summed E-state index contributed by atoms with van der Waals surface area (Å²) in [4.78, 5) is 34.3. The molecule has 2 aromatic carbocycles. The van der Waals surface area contributed by atoms with Crippen molar-refractivity contribution in [2.24, 2.45) is 0 Å². The lowest BCUT2D eigenvalue weighted by molar-refractivity contribution is 0.0960. The lowest BCUT2D eigenvalue weighted by Gasteiger charge is -2.18. The van der Waals surface area contributed by atoms with E-state index in [0.717, 1.165) is 53.6 Å². The summed E-state index contributed by atoms with van der Waals surface area (Å²) < 4.78 is 12.1. The highest BCUT2D eigenvalue weighted by molar-refractivity contribution is 5.97. The molecule has 0 unspecified atom stereocenters. The quantitative estimate of drug-likeness (QED) is 0.376. The Kier molecular flexibility index (Phi) is 7.54. The Morgan fingerprint density at radius 3 is 2.63 bits per heavy atom. The first-order chi connectivity index (χ1) is 18.5. The van der Waals surface area contributed by atoms with Crippen LogP contribution in [-0.2, 0) is 12.8 Å². The number of ketones is 1. The Hall–Kier alpha value is -4.00. The number of Topliss-reactive ketones (excluding diaryl/α,β-unsaturated/α-hetero) is 1. The van der Waals surface area contributed by atoms with E-state index in [4.69, 9.17) is 19.4 Å². The third-order valence-electron chi connectivity index (χ3n) is 7.29. The van der Waals surface area contributed by atoms with Gasteiger partial charge in [0.2, 0.25) is 5.88 Å². The number of aromatic nitrogens is 2. The van der Waals surface area contributed by atoms with Gasteiger partial charge < -0.3 is 14.8 Å². The number of rotatable bonds is 9. The van der Waals surface area contributed by atoms with E-state index < -0.39 is 0 Å². The van der Waals surface area contributed by atoms with Crippen LogP contribution in [-0.4, -0.2) is 41.9 Å². The second-order valence-corrected chi connectivity index (χ2v) is 9.75. The molecule has 1 aromatic heterocycles. The average molecular weight is 514 g/mol. The summed E-state index contributed by atoms with van der Waals surface area (Å²) in [5.74, 6) is 1.85. The topological polar surface area (TPSA) is 90.4 Å². The lowest BCUT2D eigenvalue weighted by atomic mass is 9.99. The number of carbonyl (C=O) groups excluding carboxylic acids is 2. The van der Waals surface area contributed by atoms with Crippen LogP contribution in [0.15, 0.2) is 48.5 Å². The van der Waals surface area contributed by atoms with Gasteiger partial charge in [-0.25, -0.2) is 4.98 Å². The Labute approximate surface area is 224 Å². The molecule has 2 aliphatic carbocycles. The summed E-state index contributed by atoms with van der Waals surface area (Å²) >= 11 is 0. The molecule has 5 rings (SSSR count). The maximum absolute atomic E-state index is 12.3. The van der Waals surface area contributed by atoms with Crippen molar-refractivity contribution in [2.75, 3.05) is 14.2 Å². The molecule has 1 amide bonds. The van der Waals surface area contributed by atoms with E-state index in [1.165, 1.54) is 0 Å². The summed E-state index contributed by atoms with van der Waals surface area (Å²) in [5, 5.41) is 2.69. The van der Waals surface area contributed by atoms with E-state index >= 15 is 0 Å². The third kappa shape index (κ3) is 5.19. The van der Waals surface area contributed by atoms with Gasteiger partial charge in [-0.15, -0.1) is 0 Å². The van der Waals surface area contributed by atoms with Gasteiger partial charge in [-0.3, -0.25) is 9.59 Å². The van der Waals surface area contributed by atoms with Gasteiger partial charge in [0.25, 0.3) is 5.91 Å². The monoisotopic (exact) mass is 513 g/mol. The van der Waals surface area contributed by atoms with Gasteiger partial charge in [0.1, 0.15) is 17.7 Å². The maximum Gasteiger partial charge on any atom is 0.251 e. The first-order valence-electron chi connectivity index (χ1n) is 13.3. The normalized spacial score (nSPS) is 14.7. The van der Waals surface area contributed by atoms with Crippen molar-refractivity contribution in [1.29, 1.82) is 0 Å². The zero-order valence-corrected chi connectivity index (χ0v) is 22.2. The minimum Gasteiger partial charge on any atom is -0.496 e. The number of carbonyl (C=O) groups is 2. The fourth-order valence-electron chi connectivity index (χ4n) is 5.25. The van der Waals surface area contributed by atoms with Crippen LogP contribution in [0.3, 0.4) is 0 Å². The van der Waals surface area contributed by atoms with Crippen molar-refractivity contribution in [2.45, 2.75) is 58.0 Å². The number of hydrogen-bond acceptors (Lipinski definition) is 6. The molecule has 0 saturated heterocycles. The molecule has 38 heavy (non-hydrogen) atoms. The van der Waals surface area contributed by atoms with Gasteiger partial charge in [0, 0.05) is 44.4 Å². The van der Waals surface area contributed by atoms with E-state index in [9.17, 15) is 9.59 Å². The van der Waals surface area contributed by atoms with Crippen LogP contribution < -0.4 is 14.8 Å². The summed E-state index contributed by atoms with van der Waals surface area (Å²) in [6.07, 6.45) is 8.17. The number of ether oxygens (including phenoxy) is 2. The molecule has 0 spiro atoms. The first-order valence-corrected chi connectivity index (χ1v) is 13.3. The second kappa shape index (κ2) is 11.2. The van der Waals surface area contributed by atoms with Crippen LogP contribution in [0.4, 0.5) is 0 Å². The van der Waals surface area contributed by atoms with Crippen molar-refractivity contribution in [1.82, 2.24) is 15.3 Å². The Morgan fingerprint density at radius 1 is 1.08 bits per heavy atom. The zero-order valence-electron chi connectivity index (χ0n) is 22.2. The molecule has 3 aromatic rings. The number of nitrogens with zero attached hydrogens (tertiary/aromatic N) is 2. The molecule has 0 aliphatic heterocycles. The fourth-order valence-corrected chi connectivity index (χ4v) is 5.25. The van der Waals surface area contributed by atoms with Crippen LogP contribution in [0.5, 0.6) is 11.6 Å². The number of nitrogens with one attached hydrogen (secondary N) is 1. The fraction of sp³-hybridized carbons (Fsp3) is 0.355. The molecule has 1 fully saturated rings. The standard InChI is InChI=1S/C31H33N3O4.H2/c1-4-26(35)20-12-13-21(27(17-20)37-3)18-28-33-25-15-14-24(19-8-7-9-22(16-19)30(36)32-2)29(25)31(34-28)38-23-10-5-6-11-23;/h7-9,12-14,16-17,23H,4-6,10-11,15,18H2,1-3H3,(H,32,36);1H. The van der Waals surface area contributed by atoms with Gasteiger partial charge in [-0.1, -0.05) is 37.3 Å². The largest absolute Gasteiger partial charge is 0.496 e. The van der Waals surface area contributed by atoms with Crippen LogP contribution in [0.25, 0.3) is 5.57 Å². The smallest absolute Gasteiger partial charge is 0.251 e. The minimum absolute atomic E-state index is 0. The van der Waals surface area contributed by atoms with Gasteiger partial charge in [0.05, 0.1) is 18.4 Å². The maximum atomic E-state index is 12.3. The Bertz CT molecular complexity index is 1410. The summed E-state index contributed by atoms with van der Waals surface area (Å²) in [7, 11) is 3.24. The average Bonchev–Trinajstić information content (AvgIpc) is 3.62. The van der Waals surface area contributed by atoms with Crippen molar-refractivity contribution >= 4 is 17.3 Å². The lowest BCUT2D eigenvalue weighted by Crippen LogP contribution is -2.18. The Morgan fingerprint density at radius 2 is 1.89 bits per heavy atom. The first kappa shape index (κ1) is 25.6.